The second-order valence-corrected chi connectivity index (χ2v) is 6.33. The molecule has 4 nitrogen and oxygen atoms in total. The van der Waals surface area contributed by atoms with Gasteiger partial charge in [0, 0.05) is 6.04 Å². The van der Waals surface area contributed by atoms with Gasteiger partial charge in [-0.25, -0.2) is 0 Å². The highest BCUT2D eigenvalue weighted by Crippen LogP contribution is 2.27. The molecule has 0 unspecified atom stereocenters. The number of rotatable bonds is 9. The van der Waals surface area contributed by atoms with E-state index >= 15 is 0 Å². The Hall–Kier alpha value is -2.20. The van der Waals surface area contributed by atoms with Crippen LogP contribution in [0.25, 0.3) is 0 Å². The first-order valence-electron chi connectivity index (χ1n) is 8.68. The molecule has 136 valence electrons. The number of methoxy groups -OCH3 is 2. The molecule has 25 heavy (non-hydrogen) atoms. The summed E-state index contributed by atoms with van der Waals surface area (Å²) in [7, 11) is 3.31. The van der Waals surface area contributed by atoms with Gasteiger partial charge in [0.25, 0.3) is 0 Å². The predicted molar refractivity (Wildman–Crippen MR) is 102 cm³/mol. The lowest BCUT2D eigenvalue weighted by Crippen LogP contribution is -2.33. The van der Waals surface area contributed by atoms with Crippen LogP contribution in [0.4, 0.5) is 0 Å². The molecule has 4 heteroatoms. The molecular weight excluding hydrogens is 314 g/mol. The Bertz CT molecular complexity index is 665. The van der Waals surface area contributed by atoms with Crippen molar-refractivity contribution < 1.29 is 14.2 Å². The minimum atomic E-state index is 0.277. The molecular formula is C21H29NO3. The van der Waals surface area contributed by atoms with Gasteiger partial charge in [-0.1, -0.05) is 24.3 Å². The molecule has 0 bridgehead atoms. The Morgan fingerprint density at radius 2 is 1.64 bits per heavy atom. The van der Waals surface area contributed by atoms with Crippen LogP contribution >= 0.6 is 0 Å². The molecule has 0 spiro atoms. The number of ether oxygens (including phenoxy) is 3. The van der Waals surface area contributed by atoms with E-state index < -0.39 is 0 Å². The van der Waals surface area contributed by atoms with Crippen molar-refractivity contribution in [2.24, 2.45) is 0 Å². The van der Waals surface area contributed by atoms with Crippen LogP contribution in [0.5, 0.6) is 17.2 Å². The first-order valence-corrected chi connectivity index (χ1v) is 8.68. The number of para-hydroxylation sites is 1. The van der Waals surface area contributed by atoms with Gasteiger partial charge in [-0.15, -0.1) is 0 Å². The maximum atomic E-state index is 6.00. The zero-order valence-corrected chi connectivity index (χ0v) is 15.9. The highest BCUT2D eigenvalue weighted by atomic mass is 16.5. The number of benzene rings is 2. The number of aryl methyl sites for hydroxylation is 2. The molecule has 2 aromatic carbocycles. The summed E-state index contributed by atoms with van der Waals surface area (Å²) in [6, 6.07) is 12.5. The molecule has 0 aliphatic carbocycles. The molecule has 0 heterocycles. The largest absolute Gasteiger partial charge is 0.493 e. The van der Waals surface area contributed by atoms with Gasteiger partial charge in [-0.05, 0) is 62.6 Å². The van der Waals surface area contributed by atoms with Gasteiger partial charge in [0.1, 0.15) is 12.4 Å². The zero-order chi connectivity index (χ0) is 18.2. The molecule has 0 saturated carbocycles. The van der Waals surface area contributed by atoms with Crippen LogP contribution in [0.1, 0.15) is 23.6 Å². The summed E-state index contributed by atoms with van der Waals surface area (Å²) in [5, 5.41) is 3.51. The van der Waals surface area contributed by atoms with Crippen molar-refractivity contribution in [1.29, 1.82) is 0 Å². The lowest BCUT2D eigenvalue weighted by atomic mass is 10.1. The normalized spacial score (nSPS) is 11.9. The second-order valence-electron chi connectivity index (χ2n) is 6.33. The van der Waals surface area contributed by atoms with E-state index in [-0.39, 0.29) is 6.04 Å². The Morgan fingerprint density at radius 3 is 2.28 bits per heavy atom. The van der Waals surface area contributed by atoms with Gasteiger partial charge in [-0.3, -0.25) is 0 Å². The quantitative estimate of drug-likeness (QED) is 0.749. The van der Waals surface area contributed by atoms with E-state index in [2.05, 4.69) is 50.4 Å². The zero-order valence-electron chi connectivity index (χ0n) is 15.9. The van der Waals surface area contributed by atoms with Crippen LogP contribution in [0, 0.1) is 13.8 Å². The lowest BCUT2D eigenvalue weighted by Gasteiger charge is -2.17. The summed E-state index contributed by atoms with van der Waals surface area (Å²) in [6.45, 7) is 7.83. The minimum absolute atomic E-state index is 0.277. The molecule has 0 aromatic heterocycles. The summed E-state index contributed by atoms with van der Waals surface area (Å²) >= 11 is 0. The van der Waals surface area contributed by atoms with Gasteiger partial charge in [-0.2, -0.15) is 0 Å². The molecule has 0 fully saturated rings. The van der Waals surface area contributed by atoms with Gasteiger partial charge in [0.05, 0.1) is 14.2 Å². The summed E-state index contributed by atoms with van der Waals surface area (Å²) in [4.78, 5) is 0. The molecule has 2 aromatic rings. The monoisotopic (exact) mass is 343 g/mol. The van der Waals surface area contributed by atoms with Crippen LogP contribution in [-0.2, 0) is 6.42 Å². The van der Waals surface area contributed by atoms with Crippen molar-refractivity contribution >= 4 is 0 Å². The fraction of sp³-hybridized carbons (Fsp3) is 0.429. The molecule has 0 radical (unpaired) electrons. The van der Waals surface area contributed by atoms with Gasteiger partial charge < -0.3 is 19.5 Å². The highest BCUT2D eigenvalue weighted by molar-refractivity contribution is 5.43. The summed E-state index contributed by atoms with van der Waals surface area (Å²) < 4.78 is 16.6. The third kappa shape index (κ3) is 5.40. The Morgan fingerprint density at radius 1 is 0.960 bits per heavy atom. The minimum Gasteiger partial charge on any atom is -0.493 e. The fourth-order valence-electron chi connectivity index (χ4n) is 2.79. The second kappa shape index (κ2) is 9.33. The van der Waals surface area contributed by atoms with Crippen LogP contribution < -0.4 is 19.5 Å². The summed E-state index contributed by atoms with van der Waals surface area (Å²) in [5.74, 6) is 2.53. The molecule has 0 amide bonds. The van der Waals surface area contributed by atoms with E-state index in [4.69, 9.17) is 14.2 Å². The topological polar surface area (TPSA) is 39.7 Å². The van der Waals surface area contributed by atoms with Crippen molar-refractivity contribution in [1.82, 2.24) is 5.32 Å². The average molecular weight is 343 g/mol. The molecule has 0 aliphatic rings. The summed E-state index contributed by atoms with van der Waals surface area (Å²) in [5.41, 5.74) is 3.57. The van der Waals surface area contributed by atoms with Crippen LogP contribution in [0.2, 0.25) is 0 Å². The fourth-order valence-corrected chi connectivity index (χ4v) is 2.79. The van der Waals surface area contributed by atoms with Crippen molar-refractivity contribution in [3.05, 3.63) is 53.1 Å². The van der Waals surface area contributed by atoms with Crippen LogP contribution in [0.3, 0.4) is 0 Å². The molecule has 2 rings (SSSR count). The van der Waals surface area contributed by atoms with E-state index in [1.165, 1.54) is 16.7 Å². The van der Waals surface area contributed by atoms with Gasteiger partial charge in [0.2, 0.25) is 0 Å². The third-order valence-electron chi connectivity index (χ3n) is 4.24. The molecule has 0 saturated heterocycles. The molecule has 1 atom stereocenters. The first-order chi connectivity index (χ1) is 12.0. The van der Waals surface area contributed by atoms with Crippen molar-refractivity contribution in [2.75, 3.05) is 27.4 Å². The maximum Gasteiger partial charge on any atom is 0.160 e. The van der Waals surface area contributed by atoms with Crippen molar-refractivity contribution in [3.63, 3.8) is 0 Å². The smallest absolute Gasteiger partial charge is 0.160 e. The average Bonchev–Trinajstić information content (AvgIpc) is 2.61. The van der Waals surface area contributed by atoms with Gasteiger partial charge >= 0.3 is 0 Å². The van der Waals surface area contributed by atoms with E-state index in [9.17, 15) is 0 Å². The maximum absolute atomic E-state index is 6.00. The Balaban J connectivity index is 1.80. The van der Waals surface area contributed by atoms with E-state index in [1.807, 2.05) is 12.1 Å². The predicted octanol–water partition coefficient (Wildman–Crippen LogP) is 3.92. The van der Waals surface area contributed by atoms with E-state index in [0.29, 0.717) is 6.61 Å². The number of hydrogen-bond acceptors (Lipinski definition) is 4. The lowest BCUT2D eigenvalue weighted by molar-refractivity contribution is 0.271. The van der Waals surface area contributed by atoms with E-state index in [1.54, 1.807) is 14.2 Å². The molecule has 1 N–H and O–H groups in total. The van der Waals surface area contributed by atoms with Gasteiger partial charge in [0.15, 0.2) is 11.5 Å². The van der Waals surface area contributed by atoms with Crippen LogP contribution in [0.15, 0.2) is 36.4 Å². The van der Waals surface area contributed by atoms with Crippen molar-refractivity contribution in [2.45, 2.75) is 33.2 Å². The Kier molecular flexibility index (Phi) is 7.14. The highest BCUT2D eigenvalue weighted by Gasteiger charge is 2.08. The third-order valence-corrected chi connectivity index (χ3v) is 4.24. The first kappa shape index (κ1) is 19.1. The Labute approximate surface area is 151 Å². The van der Waals surface area contributed by atoms with Crippen LogP contribution in [-0.4, -0.2) is 33.4 Å². The summed E-state index contributed by atoms with van der Waals surface area (Å²) in [6.07, 6.45) is 0.925. The van der Waals surface area contributed by atoms with Crippen molar-refractivity contribution in [3.8, 4) is 17.2 Å². The standard InChI is InChI=1S/C21H29NO3/c1-15-7-6-8-16(2)21(15)25-14-17(3)22-12-11-18-9-10-19(23-4)20(13-18)24-5/h6-10,13,17,22H,11-12,14H2,1-5H3/t17-/m1/s1. The van der Waals surface area contributed by atoms with E-state index in [0.717, 1.165) is 30.2 Å². The SMILES string of the molecule is COc1ccc(CCN[C@H](C)COc2c(C)cccc2C)cc1OC. The molecule has 0 aliphatic heterocycles. The number of hydrogen-bond donors (Lipinski definition) is 1. The number of nitrogens with one attached hydrogen (secondary N) is 1.